The molecule has 0 spiro atoms. The van der Waals surface area contributed by atoms with Crippen molar-refractivity contribution in [1.82, 2.24) is 10.3 Å². The van der Waals surface area contributed by atoms with Gasteiger partial charge in [0.1, 0.15) is 0 Å². The minimum absolute atomic E-state index is 0.0856. The number of carbonyl (C=O) groups is 1. The number of hydrogen-bond donors (Lipinski definition) is 1. The Morgan fingerprint density at radius 1 is 1.46 bits per heavy atom. The lowest BCUT2D eigenvalue weighted by Gasteiger charge is -2.04. The van der Waals surface area contributed by atoms with E-state index in [1.807, 2.05) is 12.1 Å². The molecule has 1 N–H and O–H groups in total. The number of pyridine rings is 1. The first-order valence-corrected chi connectivity index (χ1v) is 5.08. The van der Waals surface area contributed by atoms with Gasteiger partial charge in [-0.2, -0.15) is 0 Å². The summed E-state index contributed by atoms with van der Waals surface area (Å²) < 4.78 is 0. The van der Waals surface area contributed by atoms with Crippen LogP contribution in [0.2, 0.25) is 0 Å². The highest BCUT2D eigenvalue weighted by Crippen LogP contribution is 2.26. The Bertz CT molecular complexity index is 302. The third-order valence-electron chi connectivity index (χ3n) is 1.93. The fourth-order valence-corrected chi connectivity index (χ4v) is 2.30. The molecule has 4 heteroatoms. The summed E-state index contributed by atoms with van der Waals surface area (Å²) in [6, 6.07) is 3.85. The molecule has 0 radical (unpaired) electrons. The highest BCUT2D eigenvalue weighted by molar-refractivity contribution is 8.00. The molecular weight excluding hydrogens is 184 g/mol. The molecule has 0 aromatic carbocycles. The van der Waals surface area contributed by atoms with E-state index in [1.54, 1.807) is 24.2 Å². The smallest absolute Gasteiger partial charge is 0.233 e. The molecular formula is C9H10N2OS. The first-order chi connectivity index (χ1) is 6.36. The van der Waals surface area contributed by atoms with E-state index in [-0.39, 0.29) is 11.2 Å². The van der Waals surface area contributed by atoms with E-state index >= 15 is 0 Å². The van der Waals surface area contributed by atoms with Crippen LogP contribution in [0.1, 0.15) is 6.42 Å². The third-order valence-corrected chi connectivity index (χ3v) is 3.20. The van der Waals surface area contributed by atoms with E-state index in [1.165, 1.54) is 0 Å². The van der Waals surface area contributed by atoms with Crippen LogP contribution in [0.3, 0.4) is 0 Å². The first kappa shape index (κ1) is 8.56. The fraction of sp³-hybridized carbons (Fsp3) is 0.333. The van der Waals surface area contributed by atoms with Gasteiger partial charge in [-0.05, 0) is 18.6 Å². The Kier molecular flexibility index (Phi) is 2.49. The quantitative estimate of drug-likeness (QED) is 0.765. The predicted octanol–water partition coefficient (Wildman–Crippen LogP) is 1.06. The second-order valence-corrected chi connectivity index (χ2v) is 4.15. The van der Waals surface area contributed by atoms with Crippen LogP contribution in [-0.4, -0.2) is 22.7 Å². The van der Waals surface area contributed by atoms with Crippen LogP contribution in [0.5, 0.6) is 0 Å². The maximum absolute atomic E-state index is 11.2. The average molecular weight is 194 g/mol. The van der Waals surface area contributed by atoms with Gasteiger partial charge in [0.15, 0.2) is 0 Å². The number of hydrogen-bond acceptors (Lipinski definition) is 3. The molecule has 1 saturated heterocycles. The normalized spacial score (nSPS) is 21.5. The molecule has 68 valence electrons. The van der Waals surface area contributed by atoms with Gasteiger partial charge in [0.2, 0.25) is 5.91 Å². The molecule has 1 aromatic rings. The lowest BCUT2D eigenvalue weighted by atomic mass is 10.4. The number of nitrogens with one attached hydrogen (secondary N) is 1. The lowest BCUT2D eigenvalue weighted by Crippen LogP contribution is -2.20. The van der Waals surface area contributed by atoms with Crippen molar-refractivity contribution in [3.63, 3.8) is 0 Å². The average Bonchev–Trinajstić information content (AvgIpc) is 2.54. The summed E-state index contributed by atoms with van der Waals surface area (Å²) in [5, 5.41) is 2.90. The van der Waals surface area contributed by atoms with Gasteiger partial charge in [-0.1, -0.05) is 0 Å². The van der Waals surface area contributed by atoms with Crippen molar-refractivity contribution < 1.29 is 4.79 Å². The van der Waals surface area contributed by atoms with E-state index in [9.17, 15) is 4.79 Å². The zero-order valence-corrected chi connectivity index (χ0v) is 7.88. The van der Waals surface area contributed by atoms with Gasteiger partial charge in [0.25, 0.3) is 0 Å². The minimum atomic E-state index is 0.0856. The summed E-state index contributed by atoms with van der Waals surface area (Å²) in [7, 11) is 0. The summed E-state index contributed by atoms with van der Waals surface area (Å²) in [6.45, 7) is 0.807. The SMILES string of the molecule is O=C1NCCC1Sc1ccncc1. The molecule has 1 atom stereocenters. The van der Waals surface area contributed by atoms with Crippen LogP contribution in [-0.2, 0) is 4.79 Å². The van der Waals surface area contributed by atoms with Crippen molar-refractivity contribution in [3.8, 4) is 0 Å². The Morgan fingerprint density at radius 2 is 2.23 bits per heavy atom. The summed E-state index contributed by atoms with van der Waals surface area (Å²) in [6.07, 6.45) is 4.41. The standard InChI is InChI=1S/C9H10N2OS/c12-9-8(3-6-11-9)13-7-1-4-10-5-2-7/h1-2,4-5,8H,3,6H2,(H,11,12). The zero-order valence-electron chi connectivity index (χ0n) is 7.06. The maximum Gasteiger partial charge on any atom is 0.233 e. The Balaban J connectivity index is 2.02. The van der Waals surface area contributed by atoms with E-state index < -0.39 is 0 Å². The van der Waals surface area contributed by atoms with Crippen LogP contribution in [0.15, 0.2) is 29.4 Å². The van der Waals surface area contributed by atoms with Crippen LogP contribution >= 0.6 is 11.8 Å². The Morgan fingerprint density at radius 3 is 2.85 bits per heavy atom. The molecule has 1 amide bonds. The molecule has 1 fully saturated rings. The maximum atomic E-state index is 11.2. The number of amides is 1. The highest BCUT2D eigenvalue weighted by atomic mass is 32.2. The number of nitrogens with zero attached hydrogens (tertiary/aromatic N) is 1. The molecule has 0 bridgehead atoms. The minimum Gasteiger partial charge on any atom is -0.355 e. The van der Waals surface area contributed by atoms with E-state index in [4.69, 9.17) is 0 Å². The second-order valence-electron chi connectivity index (χ2n) is 2.87. The largest absolute Gasteiger partial charge is 0.355 e. The van der Waals surface area contributed by atoms with Crippen molar-refractivity contribution in [1.29, 1.82) is 0 Å². The van der Waals surface area contributed by atoms with E-state index in [0.29, 0.717) is 0 Å². The Hall–Kier alpha value is -1.03. The molecule has 1 aliphatic rings. The predicted molar refractivity (Wildman–Crippen MR) is 51.5 cm³/mol. The summed E-state index contributed by atoms with van der Waals surface area (Å²) in [4.78, 5) is 16.3. The number of carbonyl (C=O) groups excluding carboxylic acids is 1. The molecule has 0 saturated carbocycles. The van der Waals surface area contributed by atoms with Crippen LogP contribution in [0, 0.1) is 0 Å². The van der Waals surface area contributed by atoms with Gasteiger partial charge in [-0.25, -0.2) is 0 Å². The van der Waals surface area contributed by atoms with Gasteiger partial charge < -0.3 is 5.32 Å². The van der Waals surface area contributed by atoms with Crippen molar-refractivity contribution in [2.45, 2.75) is 16.6 Å². The third kappa shape index (κ3) is 2.01. The van der Waals surface area contributed by atoms with Crippen LogP contribution < -0.4 is 5.32 Å². The van der Waals surface area contributed by atoms with Crippen molar-refractivity contribution in [3.05, 3.63) is 24.5 Å². The number of rotatable bonds is 2. The molecule has 2 rings (SSSR count). The molecule has 13 heavy (non-hydrogen) atoms. The van der Waals surface area contributed by atoms with Crippen LogP contribution in [0.4, 0.5) is 0 Å². The molecule has 1 aromatic heterocycles. The molecule has 0 aliphatic carbocycles. The highest BCUT2D eigenvalue weighted by Gasteiger charge is 2.24. The Labute approximate surface area is 80.9 Å². The second kappa shape index (κ2) is 3.79. The molecule has 3 nitrogen and oxygen atoms in total. The van der Waals surface area contributed by atoms with Gasteiger partial charge in [-0.15, -0.1) is 11.8 Å². The van der Waals surface area contributed by atoms with Gasteiger partial charge in [0.05, 0.1) is 5.25 Å². The van der Waals surface area contributed by atoms with Gasteiger partial charge in [0, 0.05) is 23.8 Å². The molecule has 1 aliphatic heterocycles. The number of aromatic nitrogens is 1. The van der Waals surface area contributed by atoms with Gasteiger partial charge in [-0.3, -0.25) is 9.78 Å². The van der Waals surface area contributed by atoms with E-state index in [2.05, 4.69) is 10.3 Å². The van der Waals surface area contributed by atoms with Crippen molar-refractivity contribution in [2.24, 2.45) is 0 Å². The topological polar surface area (TPSA) is 42.0 Å². The van der Waals surface area contributed by atoms with Crippen molar-refractivity contribution >= 4 is 17.7 Å². The van der Waals surface area contributed by atoms with Gasteiger partial charge >= 0.3 is 0 Å². The van der Waals surface area contributed by atoms with Crippen LogP contribution in [0.25, 0.3) is 0 Å². The summed E-state index contributed by atoms with van der Waals surface area (Å²) in [5.74, 6) is 0.154. The monoisotopic (exact) mass is 194 g/mol. The summed E-state index contributed by atoms with van der Waals surface area (Å²) >= 11 is 1.61. The summed E-state index contributed by atoms with van der Waals surface area (Å²) in [5.41, 5.74) is 0. The number of thioether (sulfide) groups is 1. The lowest BCUT2D eigenvalue weighted by molar-refractivity contribution is -0.118. The molecule has 2 heterocycles. The zero-order chi connectivity index (χ0) is 9.10. The van der Waals surface area contributed by atoms with E-state index in [0.717, 1.165) is 17.9 Å². The first-order valence-electron chi connectivity index (χ1n) is 4.20. The molecule has 1 unspecified atom stereocenters. The van der Waals surface area contributed by atoms with Crippen molar-refractivity contribution in [2.75, 3.05) is 6.54 Å². The fourth-order valence-electron chi connectivity index (χ4n) is 1.26.